The van der Waals surface area contributed by atoms with Crippen LogP contribution in [0.25, 0.3) is 61.5 Å². The van der Waals surface area contributed by atoms with Gasteiger partial charge in [-0.3, -0.25) is 125 Å². The highest BCUT2D eigenvalue weighted by atomic mass is 31.2. The molecule has 0 spiro atoms. The minimum Gasteiger partial charge on any atom is -0.390 e. The van der Waals surface area contributed by atoms with E-state index in [0.717, 1.165) is 49.6 Å². The number of aliphatic hydroxyl groups excluding tert-OH is 1. The lowest BCUT2D eigenvalue weighted by Gasteiger charge is -2.26. The van der Waals surface area contributed by atoms with Crippen LogP contribution < -0.4 is 62.5 Å². The third kappa shape index (κ3) is 23.0. The molecule has 7 aliphatic heterocycles. The van der Waals surface area contributed by atoms with Crippen molar-refractivity contribution in [1.82, 2.24) is 121 Å². The number of fused-ring (bicyclic) bond motifs is 7. The lowest BCUT2D eigenvalue weighted by atomic mass is 10.2. The molecule has 79 heteroatoms. The fraction of sp³-hybridized carbons (Fsp3) is 0.500. The van der Waals surface area contributed by atoms with Crippen LogP contribution in [0.5, 0.6) is 0 Å². The molecule has 7 fully saturated rings. The molecule has 7 saturated heterocycles. The number of hydrogen-bond acceptors (Lipinski definition) is 53. The van der Waals surface area contributed by atoms with E-state index in [1.165, 1.54) is 61.7 Å². The third-order valence-electron chi connectivity index (χ3n) is 24.3. The van der Waals surface area contributed by atoms with Gasteiger partial charge in [-0.1, -0.05) is 0 Å². The van der Waals surface area contributed by atoms with E-state index in [1.54, 1.807) is 6.20 Å². The molecule has 27 atom stereocenters. The smallest absolute Gasteiger partial charge is 0.390 e. The number of H-pyrrole nitrogens is 3. The van der Waals surface area contributed by atoms with Gasteiger partial charge >= 0.3 is 66.1 Å². The molecule has 20 rings (SSSR count). The minimum atomic E-state index is -5.70. The van der Waals surface area contributed by atoms with E-state index < -0.39 is 309 Å². The number of imidazole rings is 6. The Hall–Kier alpha value is -11.3. The topological polar surface area (TPSA) is 994 Å². The van der Waals surface area contributed by atoms with E-state index in [-0.39, 0.29) is 85.6 Å². The number of aromatic amines is 3. The number of nitrogen functional groups attached to an aromatic ring is 6. The summed E-state index contributed by atoms with van der Waals surface area (Å²) in [7, 11) is -38.8. The number of phosphoric ester groups is 7. The second-order valence-corrected chi connectivity index (χ2v) is 43.8. The van der Waals surface area contributed by atoms with Crippen molar-refractivity contribution in [2.24, 2.45) is 0 Å². The van der Waals surface area contributed by atoms with Gasteiger partial charge in [-0.25, -0.2) is 86.4 Å². The summed E-state index contributed by atoms with van der Waals surface area (Å²) >= 11 is 0. The lowest BCUT2D eigenvalue weighted by molar-refractivity contribution is -0.0646. The Balaban J connectivity index is 0.529. The first-order valence-electron chi connectivity index (χ1n) is 44.0. The Morgan fingerprint density at radius 1 is 0.315 bits per heavy atom. The van der Waals surface area contributed by atoms with Gasteiger partial charge in [0.05, 0.1) is 84.0 Å². The van der Waals surface area contributed by atoms with Gasteiger partial charge < -0.3 is 112 Å². The van der Waals surface area contributed by atoms with E-state index in [1.807, 2.05) is 0 Å². The fourth-order valence-corrected chi connectivity index (χ4v) is 23.7. The van der Waals surface area contributed by atoms with Gasteiger partial charge in [-0.05, 0) is 12.1 Å². The first-order chi connectivity index (χ1) is 70.6. The molecular weight excluding hydrogens is 2150 g/mol. The van der Waals surface area contributed by atoms with Crippen LogP contribution in [0, 0.1) is 0 Å². The number of ether oxygens (including phenoxy) is 7. The predicted molar refractivity (Wildman–Crippen MR) is 487 cm³/mol. The standard InChI is InChI=1S/C70H86N31O41P7/c71-42-1-4-95(69(106)86-42)45-8-29(36(131-45)15-123-143(108,109)110)137-145(113,114)128-19-40-34(13-50(135-40)101-27-84-55-62(101)90-68(76)93-65(55)105)142-149(121,122)126-17-38-31(10-47(133-38)97-23-80-51-56(73)78-21-79-58(51)97)139-147(117,118)127-18-39-32(11-48(134-39)98-24-81-52-57-77-3-6-94(57)22-85-59(52)98)140-148(119,120)129-20-41-33(12-49(136-41)100-26-83-54-61(100)89-67(75)92-64(54)104)141-146(115,116)125-16-37-30(9-46(132-37)96-5-2-43(72)87-70(96)107)138-144(111,112)124-14-35-28(102)7-44(130-35)99-25-82-53-60(99)88-66(74)91-63(53)103/h1-6,21-41,44-50,102H,7-20H2,(H,111,112)(H,113,114)(H,115,116)(H,117,118)(H,119,120)(H,121,122)(H2,71,86,106)(H2,72,87,107)(H2,73,78,79)(H2,108,109,110)(H3,74,88,91,103)(H3,75,89,92,104)(H3,76,90,93,105)/t28-,29-,30-,31-,32-,33-,34-,35+,36+,37+,38+,39+,40+,41+,44+,45+,46+,47+,48+,49+,50+/m0/s1. The molecule has 13 aromatic rings. The molecule has 13 aromatic heterocycles. The van der Waals surface area contributed by atoms with Crippen molar-refractivity contribution in [3.8, 4) is 0 Å². The van der Waals surface area contributed by atoms with Crippen LogP contribution in [0.4, 0.5) is 35.3 Å². The van der Waals surface area contributed by atoms with Crippen molar-refractivity contribution >= 4 is 152 Å². The van der Waals surface area contributed by atoms with E-state index >= 15 is 0 Å². The van der Waals surface area contributed by atoms with Gasteiger partial charge in [-0.2, -0.15) is 24.9 Å². The monoisotopic (exact) mass is 2230 g/mol. The SMILES string of the molecule is Nc1ccn([C@H]2C[C@H](OP(=O)(O)OC[C@H]3O[C@@H](n4cnc5c(=O)[nH]c(N)nc54)C[C@@H]3OP(=O)(O)OC[C@H]3O[C@@H](n4cnc5c(N)ncnc54)C[C@@H]3OP(=O)(O)OC[C@H]3O[C@@H](n4cnc5c4ncn4ccnc54)C[C@@H]3OP(=O)(O)OC[C@H]3O[C@@H](n4cnc5c(=O)[nH]c(N)nc54)C[C@@H]3OP(=O)(O)OC[C@H]3O[C@@H](n4ccc(N)nc4=O)C[C@@H]3OP(=O)(O)OC[C@H]3O[C@@H](n4cnc5c(=O)[nH]c(N)nc54)C[C@@H]3O)[C@@H](COP(=O)(O)O)O2)c(=O)n1. The first kappa shape index (κ1) is 105. The van der Waals surface area contributed by atoms with E-state index in [4.69, 9.17) is 122 Å². The van der Waals surface area contributed by atoms with Crippen LogP contribution >= 0.6 is 54.8 Å². The van der Waals surface area contributed by atoms with Crippen molar-refractivity contribution in [2.45, 2.75) is 174 Å². The maximum atomic E-state index is 14.8. The number of anilines is 6. The average molecular weight is 2230 g/mol. The molecule has 0 saturated carbocycles. The van der Waals surface area contributed by atoms with Crippen LogP contribution in [-0.4, -0.2) is 297 Å². The number of rotatable bonds is 40. The number of phosphoric acid groups is 7. The number of nitrogens with two attached hydrogens (primary N) is 6. The molecule has 20 heterocycles. The van der Waals surface area contributed by atoms with Crippen molar-refractivity contribution in [2.75, 3.05) is 80.7 Å². The van der Waals surface area contributed by atoms with Crippen LogP contribution in [0.2, 0.25) is 0 Å². The average Bonchev–Trinajstić information content (AvgIpc) is 1.60. The summed E-state index contributed by atoms with van der Waals surface area (Å²) in [5.41, 5.74) is 30.4. The molecule has 7 aliphatic rings. The van der Waals surface area contributed by atoms with E-state index in [9.17, 15) is 100 Å². The van der Waals surface area contributed by atoms with Crippen LogP contribution in [0.15, 0.2) is 105 Å². The van der Waals surface area contributed by atoms with Crippen molar-refractivity contribution in [3.63, 3.8) is 0 Å². The predicted octanol–water partition coefficient (Wildman–Crippen LogP) is -2.18. The molecular formula is C70H86N31O41P7. The number of aromatic nitrogens is 25. The van der Waals surface area contributed by atoms with Crippen molar-refractivity contribution < 1.29 is 168 Å². The zero-order valence-corrected chi connectivity index (χ0v) is 81.8. The highest BCUT2D eigenvalue weighted by Gasteiger charge is 2.54. The zero-order chi connectivity index (χ0) is 105. The van der Waals surface area contributed by atoms with Gasteiger partial charge in [0, 0.05) is 69.7 Å². The quantitative estimate of drug-likeness (QED) is 0.0182. The Morgan fingerprint density at radius 2 is 0.604 bits per heavy atom. The number of nitrogens with one attached hydrogen (secondary N) is 3. The summed E-state index contributed by atoms with van der Waals surface area (Å²) in [4.78, 5) is 219. The first-order valence-corrected chi connectivity index (χ1v) is 54.5. The highest BCUT2D eigenvalue weighted by Crippen LogP contribution is 2.59. The highest BCUT2D eigenvalue weighted by molar-refractivity contribution is 7.49. The summed E-state index contributed by atoms with van der Waals surface area (Å²) in [5.74, 6) is -1.60. The summed E-state index contributed by atoms with van der Waals surface area (Å²) in [6.07, 6.45) is -22.9. The Bertz CT molecular complexity index is 7980. The minimum absolute atomic E-state index is 0.0177. The number of nitrogens with zero attached hydrogens (tertiary/aromatic N) is 22. The second kappa shape index (κ2) is 41.0. The molecule has 6 unspecified atom stereocenters. The molecule has 0 amide bonds. The van der Waals surface area contributed by atoms with Crippen molar-refractivity contribution in [3.05, 3.63) is 133 Å². The van der Waals surface area contributed by atoms with E-state index in [2.05, 4.69) is 89.3 Å². The number of hydrogen-bond donors (Lipinski definition) is 18. The zero-order valence-electron chi connectivity index (χ0n) is 75.6. The van der Waals surface area contributed by atoms with Gasteiger partial charge in [0.15, 0.2) is 61.8 Å². The van der Waals surface area contributed by atoms with Crippen LogP contribution in [0.3, 0.4) is 0 Å². The Labute approximate surface area is 825 Å². The summed E-state index contributed by atoms with van der Waals surface area (Å²) in [5, 5.41) is 11.1. The van der Waals surface area contributed by atoms with Crippen LogP contribution in [0.1, 0.15) is 88.5 Å². The van der Waals surface area contributed by atoms with Gasteiger partial charge in [0.25, 0.3) is 16.7 Å². The molecule has 72 nitrogen and oxygen atoms in total. The Kier molecular flexibility index (Phi) is 28.9. The molecule has 0 radical (unpaired) electrons. The molecule has 149 heavy (non-hydrogen) atoms. The lowest BCUT2D eigenvalue weighted by Crippen LogP contribution is -2.32. The molecule has 24 N–H and O–H groups in total. The van der Waals surface area contributed by atoms with E-state index in [0.29, 0.717) is 5.65 Å². The van der Waals surface area contributed by atoms with Gasteiger partial charge in [0.1, 0.15) is 153 Å². The summed E-state index contributed by atoms with van der Waals surface area (Å²) in [6, 6.07) is 2.41. The maximum absolute atomic E-state index is 14.8. The van der Waals surface area contributed by atoms with Crippen molar-refractivity contribution in [1.29, 1.82) is 0 Å². The summed E-state index contributed by atoms with van der Waals surface area (Å²) < 4.78 is 223. The summed E-state index contributed by atoms with van der Waals surface area (Å²) in [6.45, 7) is -7.42. The second-order valence-electron chi connectivity index (χ2n) is 34.1. The van der Waals surface area contributed by atoms with Gasteiger partial charge in [0.2, 0.25) is 17.8 Å². The maximum Gasteiger partial charge on any atom is 0.472 e. The Morgan fingerprint density at radius 3 is 0.940 bits per heavy atom. The normalized spacial score (nSPS) is 28.9. The molecule has 802 valence electrons. The fourth-order valence-electron chi connectivity index (χ4n) is 17.6. The molecule has 0 bridgehead atoms. The third-order valence-corrected chi connectivity index (χ3v) is 30.8. The largest absolute Gasteiger partial charge is 0.472 e. The molecule has 0 aliphatic carbocycles. The van der Waals surface area contributed by atoms with Crippen LogP contribution in [-0.2, 0) is 124 Å². The van der Waals surface area contributed by atoms with Gasteiger partial charge in [-0.15, -0.1) is 0 Å². The molecule has 0 aromatic carbocycles. The number of aliphatic hydroxyl groups is 1.